The fraction of sp³-hybridized carbons (Fsp3) is 0.875. The number of halogens is 1. The molecule has 0 nitrogen and oxygen atoms in total. The van der Waals surface area contributed by atoms with Crippen molar-refractivity contribution in [2.24, 2.45) is 23.7 Å². The number of allylic oxidation sites excluding steroid dienone is 2. The maximum atomic E-state index is 5.76. The minimum atomic E-state index is 0.817. The molecule has 4 unspecified atom stereocenters. The Morgan fingerprint density at radius 1 is 1.24 bits per heavy atom. The number of fused-ring (bicyclic) bond motifs is 1. The molecule has 0 amide bonds. The summed E-state index contributed by atoms with van der Waals surface area (Å²) in [6.07, 6.45) is 12.2. The van der Waals surface area contributed by atoms with Crippen molar-refractivity contribution < 1.29 is 0 Å². The largest absolute Gasteiger partial charge is 0.127 e. The van der Waals surface area contributed by atoms with E-state index in [4.69, 9.17) is 11.6 Å². The van der Waals surface area contributed by atoms with Gasteiger partial charge in [-0.15, -0.1) is 11.6 Å². The van der Waals surface area contributed by atoms with Gasteiger partial charge in [0.2, 0.25) is 0 Å². The Morgan fingerprint density at radius 2 is 2.06 bits per heavy atom. The summed E-state index contributed by atoms with van der Waals surface area (Å²) in [5.41, 5.74) is 1.80. The molecule has 0 aliphatic heterocycles. The van der Waals surface area contributed by atoms with Crippen LogP contribution in [0.15, 0.2) is 11.6 Å². The van der Waals surface area contributed by atoms with E-state index in [2.05, 4.69) is 19.9 Å². The summed E-state index contributed by atoms with van der Waals surface area (Å²) < 4.78 is 0. The first-order valence-corrected chi connectivity index (χ1v) is 8.00. The highest BCUT2D eigenvalue weighted by Gasteiger charge is 2.32. The SMILES string of the molecule is CC1C=C2CC(CCCCCl)CCC2C(C)C1. The summed E-state index contributed by atoms with van der Waals surface area (Å²) >= 11 is 5.76. The van der Waals surface area contributed by atoms with Gasteiger partial charge in [-0.2, -0.15) is 0 Å². The van der Waals surface area contributed by atoms with Gasteiger partial charge in [0.1, 0.15) is 0 Å². The lowest BCUT2D eigenvalue weighted by atomic mass is 9.66. The number of rotatable bonds is 4. The van der Waals surface area contributed by atoms with E-state index in [1.165, 1.54) is 44.9 Å². The van der Waals surface area contributed by atoms with Crippen LogP contribution >= 0.6 is 11.6 Å². The fourth-order valence-corrected chi connectivity index (χ4v) is 4.18. The number of hydrogen-bond acceptors (Lipinski definition) is 0. The molecule has 0 aromatic heterocycles. The molecule has 0 heterocycles. The highest BCUT2D eigenvalue weighted by atomic mass is 35.5. The molecular formula is C16H27Cl. The van der Waals surface area contributed by atoms with Crippen molar-refractivity contribution in [2.45, 2.75) is 58.8 Å². The van der Waals surface area contributed by atoms with E-state index in [-0.39, 0.29) is 0 Å². The summed E-state index contributed by atoms with van der Waals surface area (Å²) in [7, 11) is 0. The van der Waals surface area contributed by atoms with Crippen molar-refractivity contribution in [1.82, 2.24) is 0 Å². The zero-order valence-corrected chi connectivity index (χ0v) is 12.2. The van der Waals surface area contributed by atoms with Gasteiger partial charge < -0.3 is 0 Å². The molecule has 0 aromatic rings. The van der Waals surface area contributed by atoms with Crippen LogP contribution in [0.3, 0.4) is 0 Å². The molecule has 0 aromatic carbocycles. The topological polar surface area (TPSA) is 0 Å². The molecule has 2 rings (SSSR count). The first kappa shape index (κ1) is 13.5. The first-order valence-electron chi connectivity index (χ1n) is 7.47. The maximum absolute atomic E-state index is 5.76. The quantitative estimate of drug-likeness (QED) is 0.357. The Balaban J connectivity index is 1.89. The van der Waals surface area contributed by atoms with Crippen LogP contribution in [0.2, 0.25) is 0 Å². The summed E-state index contributed by atoms with van der Waals surface area (Å²) in [4.78, 5) is 0. The average Bonchev–Trinajstić information content (AvgIpc) is 2.28. The van der Waals surface area contributed by atoms with Gasteiger partial charge in [-0.05, 0) is 55.8 Å². The zero-order chi connectivity index (χ0) is 12.3. The van der Waals surface area contributed by atoms with E-state index in [1.54, 1.807) is 5.57 Å². The Hall–Kier alpha value is 0.0300. The van der Waals surface area contributed by atoms with Gasteiger partial charge in [-0.1, -0.05) is 38.3 Å². The molecule has 98 valence electrons. The highest BCUT2D eigenvalue weighted by Crippen LogP contribution is 2.44. The lowest BCUT2D eigenvalue weighted by molar-refractivity contribution is 0.234. The van der Waals surface area contributed by atoms with Gasteiger partial charge in [0.15, 0.2) is 0 Å². The van der Waals surface area contributed by atoms with Crippen molar-refractivity contribution in [3.05, 3.63) is 11.6 Å². The predicted molar refractivity (Wildman–Crippen MR) is 76.4 cm³/mol. The van der Waals surface area contributed by atoms with Crippen molar-refractivity contribution >= 4 is 11.6 Å². The minimum Gasteiger partial charge on any atom is -0.127 e. The summed E-state index contributed by atoms with van der Waals surface area (Å²) in [5.74, 6) is 4.46. The molecule has 4 atom stereocenters. The maximum Gasteiger partial charge on any atom is 0.0223 e. The Morgan fingerprint density at radius 3 is 2.82 bits per heavy atom. The lowest BCUT2D eigenvalue weighted by Crippen LogP contribution is -2.27. The van der Waals surface area contributed by atoms with Gasteiger partial charge in [0.25, 0.3) is 0 Å². The number of alkyl halides is 1. The fourth-order valence-electron chi connectivity index (χ4n) is 3.99. The third-order valence-corrected chi connectivity index (χ3v) is 5.08. The van der Waals surface area contributed by atoms with Gasteiger partial charge in [-0.3, -0.25) is 0 Å². The van der Waals surface area contributed by atoms with Gasteiger partial charge in [0, 0.05) is 5.88 Å². The molecule has 1 saturated carbocycles. The van der Waals surface area contributed by atoms with Crippen LogP contribution in [0, 0.1) is 23.7 Å². The second-order valence-electron chi connectivity index (χ2n) is 6.37. The van der Waals surface area contributed by atoms with Gasteiger partial charge in [0.05, 0.1) is 0 Å². The monoisotopic (exact) mass is 254 g/mol. The second kappa shape index (κ2) is 6.27. The Kier molecular flexibility index (Phi) is 4.97. The standard InChI is InChI=1S/C16H27Cl/c1-12-9-13(2)16-7-6-14(5-3-4-8-17)11-15(16)10-12/h10,12-14,16H,3-9,11H2,1-2H3. The Bertz CT molecular complexity index is 269. The van der Waals surface area contributed by atoms with Crippen LogP contribution in [0.4, 0.5) is 0 Å². The number of unbranched alkanes of at least 4 members (excludes halogenated alkanes) is 1. The molecule has 2 aliphatic carbocycles. The molecule has 2 aliphatic rings. The van der Waals surface area contributed by atoms with Crippen LogP contribution in [-0.4, -0.2) is 5.88 Å². The smallest absolute Gasteiger partial charge is 0.0223 e. The van der Waals surface area contributed by atoms with Crippen molar-refractivity contribution in [3.8, 4) is 0 Å². The minimum absolute atomic E-state index is 0.817. The average molecular weight is 255 g/mol. The van der Waals surface area contributed by atoms with Crippen molar-refractivity contribution in [2.75, 3.05) is 5.88 Å². The molecule has 0 bridgehead atoms. The number of hydrogen-bond donors (Lipinski definition) is 0. The van der Waals surface area contributed by atoms with E-state index in [0.29, 0.717) is 0 Å². The second-order valence-corrected chi connectivity index (χ2v) is 6.75. The van der Waals surface area contributed by atoms with Crippen LogP contribution in [0.5, 0.6) is 0 Å². The summed E-state index contributed by atoms with van der Waals surface area (Å²) in [6.45, 7) is 4.85. The van der Waals surface area contributed by atoms with E-state index >= 15 is 0 Å². The van der Waals surface area contributed by atoms with E-state index < -0.39 is 0 Å². The summed E-state index contributed by atoms with van der Waals surface area (Å²) in [6, 6.07) is 0. The summed E-state index contributed by atoms with van der Waals surface area (Å²) in [5, 5.41) is 0. The van der Waals surface area contributed by atoms with Gasteiger partial charge in [-0.25, -0.2) is 0 Å². The van der Waals surface area contributed by atoms with E-state index in [9.17, 15) is 0 Å². The normalized spacial score (nSPS) is 37.5. The van der Waals surface area contributed by atoms with Gasteiger partial charge >= 0.3 is 0 Å². The molecule has 17 heavy (non-hydrogen) atoms. The van der Waals surface area contributed by atoms with Crippen LogP contribution in [-0.2, 0) is 0 Å². The zero-order valence-electron chi connectivity index (χ0n) is 11.4. The molecule has 0 spiro atoms. The van der Waals surface area contributed by atoms with Crippen LogP contribution in [0.25, 0.3) is 0 Å². The molecule has 1 heteroatoms. The van der Waals surface area contributed by atoms with Crippen LogP contribution < -0.4 is 0 Å². The molecule has 0 N–H and O–H groups in total. The highest BCUT2D eigenvalue weighted by molar-refractivity contribution is 6.17. The molecule has 1 fully saturated rings. The van der Waals surface area contributed by atoms with Crippen molar-refractivity contribution in [1.29, 1.82) is 0 Å². The van der Waals surface area contributed by atoms with E-state index in [1.807, 2.05) is 0 Å². The third kappa shape index (κ3) is 3.50. The van der Waals surface area contributed by atoms with E-state index in [0.717, 1.165) is 29.6 Å². The van der Waals surface area contributed by atoms with Crippen LogP contribution in [0.1, 0.15) is 58.8 Å². The molecular weight excluding hydrogens is 228 g/mol. The molecule has 0 saturated heterocycles. The predicted octanol–water partition coefficient (Wildman–Crippen LogP) is 5.41. The Labute approximate surface area is 112 Å². The molecule has 0 radical (unpaired) electrons. The first-order chi connectivity index (χ1) is 8.20. The lowest BCUT2D eigenvalue weighted by Gasteiger charge is -2.39. The third-order valence-electron chi connectivity index (χ3n) is 4.81. The van der Waals surface area contributed by atoms with Crippen molar-refractivity contribution in [3.63, 3.8) is 0 Å².